The van der Waals surface area contributed by atoms with E-state index in [2.05, 4.69) is 31.1 Å². The summed E-state index contributed by atoms with van der Waals surface area (Å²) in [6.07, 6.45) is 3.80. The van der Waals surface area contributed by atoms with Crippen LogP contribution in [0.5, 0.6) is 0 Å². The molecular formula is C16H27FN2. The number of halogens is 1. The maximum absolute atomic E-state index is 13.1. The summed E-state index contributed by atoms with van der Waals surface area (Å²) in [7, 11) is 2.09. The van der Waals surface area contributed by atoms with Gasteiger partial charge in [-0.25, -0.2) is 4.39 Å². The van der Waals surface area contributed by atoms with E-state index < -0.39 is 0 Å². The summed E-state index contributed by atoms with van der Waals surface area (Å²) in [5, 5.41) is 3.48. The van der Waals surface area contributed by atoms with Crippen molar-refractivity contribution in [3.05, 3.63) is 35.6 Å². The molecule has 1 atom stereocenters. The lowest BCUT2D eigenvalue weighted by molar-refractivity contribution is 0.242. The van der Waals surface area contributed by atoms with Crippen LogP contribution >= 0.6 is 0 Å². The fourth-order valence-electron chi connectivity index (χ4n) is 2.05. The van der Waals surface area contributed by atoms with Crippen molar-refractivity contribution in [3.8, 4) is 0 Å². The van der Waals surface area contributed by atoms with Crippen molar-refractivity contribution in [1.82, 2.24) is 10.2 Å². The van der Waals surface area contributed by atoms with Crippen molar-refractivity contribution in [2.45, 2.75) is 45.7 Å². The highest BCUT2D eigenvalue weighted by molar-refractivity contribution is 5.16. The van der Waals surface area contributed by atoms with Crippen molar-refractivity contribution in [2.24, 2.45) is 0 Å². The van der Waals surface area contributed by atoms with Gasteiger partial charge in [-0.2, -0.15) is 0 Å². The predicted octanol–water partition coefficient (Wildman–Crippen LogP) is 3.43. The number of nitrogens with one attached hydrogen (secondary N) is 1. The van der Waals surface area contributed by atoms with Crippen LogP contribution in [-0.2, 0) is 6.54 Å². The van der Waals surface area contributed by atoms with E-state index in [4.69, 9.17) is 0 Å². The van der Waals surface area contributed by atoms with Crippen LogP contribution in [0, 0.1) is 5.82 Å². The standard InChI is InChI=1S/C16H27FN2/c1-4-5-6-10-18-12-14(2)19(3)13-15-8-7-9-16(17)11-15/h7-9,11,14,18H,4-6,10,12-13H2,1-3H3. The normalized spacial score (nSPS) is 12.9. The fourth-order valence-corrected chi connectivity index (χ4v) is 2.05. The molecule has 1 N–H and O–H groups in total. The van der Waals surface area contributed by atoms with E-state index in [0.717, 1.165) is 25.2 Å². The van der Waals surface area contributed by atoms with Gasteiger partial charge >= 0.3 is 0 Å². The molecule has 0 aliphatic heterocycles. The zero-order valence-corrected chi connectivity index (χ0v) is 12.5. The summed E-state index contributed by atoms with van der Waals surface area (Å²) in [6, 6.07) is 7.29. The Hall–Kier alpha value is -0.930. The molecule has 0 aliphatic carbocycles. The van der Waals surface area contributed by atoms with E-state index in [0.29, 0.717) is 6.04 Å². The molecular weight excluding hydrogens is 239 g/mol. The Labute approximate surface area is 117 Å². The zero-order chi connectivity index (χ0) is 14.1. The Morgan fingerprint density at radius 2 is 2.11 bits per heavy atom. The third kappa shape index (κ3) is 6.69. The van der Waals surface area contributed by atoms with Gasteiger partial charge in [-0.05, 0) is 44.6 Å². The maximum atomic E-state index is 13.1. The van der Waals surface area contributed by atoms with E-state index >= 15 is 0 Å². The van der Waals surface area contributed by atoms with Crippen LogP contribution in [0.3, 0.4) is 0 Å². The smallest absolute Gasteiger partial charge is 0.123 e. The number of likely N-dealkylation sites (N-methyl/N-ethyl adjacent to an activating group) is 1. The largest absolute Gasteiger partial charge is 0.315 e. The summed E-state index contributed by atoms with van der Waals surface area (Å²) < 4.78 is 13.1. The second-order valence-electron chi connectivity index (χ2n) is 5.31. The van der Waals surface area contributed by atoms with Gasteiger partial charge in [0.15, 0.2) is 0 Å². The molecule has 2 nitrogen and oxygen atoms in total. The highest BCUT2D eigenvalue weighted by Crippen LogP contribution is 2.08. The molecule has 3 heteroatoms. The molecule has 0 saturated carbocycles. The summed E-state index contributed by atoms with van der Waals surface area (Å²) in [6.45, 7) is 7.28. The number of benzene rings is 1. The van der Waals surface area contributed by atoms with Gasteiger partial charge in [0.25, 0.3) is 0 Å². The number of nitrogens with zero attached hydrogens (tertiary/aromatic N) is 1. The van der Waals surface area contributed by atoms with E-state index in [-0.39, 0.29) is 5.82 Å². The monoisotopic (exact) mass is 266 g/mol. The van der Waals surface area contributed by atoms with Gasteiger partial charge in [0, 0.05) is 19.1 Å². The van der Waals surface area contributed by atoms with Crippen LogP contribution in [0.4, 0.5) is 4.39 Å². The first-order valence-electron chi connectivity index (χ1n) is 7.29. The zero-order valence-electron chi connectivity index (χ0n) is 12.5. The lowest BCUT2D eigenvalue weighted by atomic mass is 10.2. The minimum atomic E-state index is -0.156. The first kappa shape index (κ1) is 16.1. The van der Waals surface area contributed by atoms with Gasteiger partial charge in [0.1, 0.15) is 5.82 Å². The molecule has 1 aromatic carbocycles. The highest BCUT2D eigenvalue weighted by atomic mass is 19.1. The number of hydrogen-bond acceptors (Lipinski definition) is 2. The predicted molar refractivity (Wildman–Crippen MR) is 79.7 cm³/mol. The molecule has 0 saturated heterocycles. The van der Waals surface area contributed by atoms with E-state index in [1.165, 1.54) is 25.3 Å². The second-order valence-corrected chi connectivity index (χ2v) is 5.31. The Balaban J connectivity index is 2.26. The third-order valence-electron chi connectivity index (χ3n) is 3.47. The van der Waals surface area contributed by atoms with E-state index in [9.17, 15) is 4.39 Å². The minimum absolute atomic E-state index is 0.156. The third-order valence-corrected chi connectivity index (χ3v) is 3.47. The topological polar surface area (TPSA) is 15.3 Å². The Morgan fingerprint density at radius 3 is 2.79 bits per heavy atom. The van der Waals surface area contributed by atoms with Gasteiger partial charge in [-0.3, -0.25) is 4.90 Å². The van der Waals surface area contributed by atoms with Gasteiger partial charge in [0.05, 0.1) is 0 Å². The molecule has 1 unspecified atom stereocenters. The molecule has 19 heavy (non-hydrogen) atoms. The van der Waals surface area contributed by atoms with Gasteiger partial charge in [-0.1, -0.05) is 31.9 Å². The average Bonchev–Trinajstić information content (AvgIpc) is 2.38. The van der Waals surface area contributed by atoms with Crippen LogP contribution < -0.4 is 5.32 Å². The summed E-state index contributed by atoms with van der Waals surface area (Å²) in [5.74, 6) is -0.156. The summed E-state index contributed by atoms with van der Waals surface area (Å²) in [4.78, 5) is 2.25. The summed E-state index contributed by atoms with van der Waals surface area (Å²) in [5.41, 5.74) is 1.03. The van der Waals surface area contributed by atoms with Crippen LogP contribution in [0.1, 0.15) is 38.7 Å². The highest BCUT2D eigenvalue weighted by Gasteiger charge is 2.09. The number of rotatable bonds is 9. The Kier molecular flexibility index (Phi) is 7.68. The van der Waals surface area contributed by atoms with Crippen molar-refractivity contribution < 1.29 is 4.39 Å². The van der Waals surface area contributed by atoms with Crippen molar-refractivity contribution in [2.75, 3.05) is 20.1 Å². The summed E-state index contributed by atoms with van der Waals surface area (Å²) >= 11 is 0. The van der Waals surface area contributed by atoms with E-state index in [1.807, 2.05) is 6.07 Å². The second kappa shape index (κ2) is 9.05. The molecule has 0 aliphatic rings. The Bertz CT molecular complexity index is 354. The molecule has 0 heterocycles. The number of hydrogen-bond donors (Lipinski definition) is 1. The first-order valence-corrected chi connectivity index (χ1v) is 7.29. The van der Waals surface area contributed by atoms with Gasteiger partial charge in [-0.15, -0.1) is 0 Å². The van der Waals surface area contributed by atoms with Gasteiger partial charge in [0.2, 0.25) is 0 Å². The van der Waals surface area contributed by atoms with Crippen molar-refractivity contribution >= 4 is 0 Å². The molecule has 0 amide bonds. The minimum Gasteiger partial charge on any atom is -0.315 e. The van der Waals surface area contributed by atoms with Gasteiger partial charge < -0.3 is 5.32 Å². The van der Waals surface area contributed by atoms with Crippen LogP contribution in [0.15, 0.2) is 24.3 Å². The maximum Gasteiger partial charge on any atom is 0.123 e. The van der Waals surface area contributed by atoms with Crippen LogP contribution in [0.25, 0.3) is 0 Å². The average molecular weight is 266 g/mol. The van der Waals surface area contributed by atoms with Crippen LogP contribution in [-0.4, -0.2) is 31.1 Å². The quantitative estimate of drug-likeness (QED) is 0.689. The molecule has 0 radical (unpaired) electrons. The fraction of sp³-hybridized carbons (Fsp3) is 0.625. The molecule has 1 aromatic rings. The van der Waals surface area contributed by atoms with Crippen molar-refractivity contribution in [3.63, 3.8) is 0 Å². The van der Waals surface area contributed by atoms with Crippen LogP contribution in [0.2, 0.25) is 0 Å². The molecule has 0 bridgehead atoms. The Morgan fingerprint density at radius 1 is 1.32 bits per heavy atom. The number of unbranched alkanes of at least 4 members (excludes halogenated alkanes) is 2. The first-order chi connectivity index (χ1) is 9.13. The molecule has 0 aromatic heterocycles. The van der Waals surface area contributed by atoms with Crippen molar-refractivity contribution in [1.29, 1.82) is 0 Å². The lowest BCUT2D eigenvalue weighted by Crippen LogP contribution is -2.37. The molecule has 1 rings (SSSR count). The lowest BCUT2D eigenvalue weighted by Gasteiger charge is -2.25. The molecule has 0 fully saturated rings. The molecule has 0 spiro atoms. The molecule has 108 valence electrons. The SMILES string of the molecule is CCCCCNCC(C)N(C)Cc1cccc(F)c1. The van der Waals surface area contributed by atoms with E-state index in [1.54, 1.807) is 12.1 Å².